The van der Waals surface area contributed by atoms with Gasteiger partial charge in [-0.1, -0.05) is 28.4 Å². The van der Waals surface area contributed by atoms with Crippen molar-refractivity contribution in [1.29, 1.82) is 0 Å². The molecule has 1 aliphatic rings. The van der Waals surface area contributed by atoms with Crippen LogP contribution in [-0.2, 0) is 4.84 Å². The van der Waals surface area contributed by atoms with Crippen LogP contribution in [0.4, 0.5) is 13.2 Å². The van der Waals surface area contributed by atoms with E-state index in [1.165, 1.54) is 47.0 Å². The summed E-state index contributed by atoms with van der Waals surface area (Å²) in [7, 11) is 0. The van der Waals surface area contributed by atoms with Crippen molar-refractivity contribution in [3.8, 4) is 0 Å². The zero-order chi connectivity index (χ0) is 20.9. The average molecular weight is 443 g/mol. The van der Waals surface area contributed by atoms with Gasteiger partial charge in [-0.15, -0.1) is 0 Å². The Morgan fingerprint density at radius 3 is 2.45 bits per heavy atom. The first-order valence-corrected chi connectivity index (χ1v) is 9.02. The number of carboxylic acid groups (broad SMARTS) is 1. The zero-order valence-corrected chi connectivity index (χ0v) is 15.8. The van der Waals surface area contributed by atoms with Crippen LogP contribution in [0.1, 0.15) is 27.7 Å². The van der Waals surface area contributed by atoms with Gasteiger partial charge in [-0.05, 0) is 48.0 Å². The molecule has 10 heteroatoms. The Hall–Kier alpha value is -2.71. The van der Waals surface area contributed by atoms with Crippen LogP contribution in [0.5, 0.6) is 0 Å². The van der Waals surface area contributed by atoms with E-state index >= 15 is 0 Å². The Bertz CT molecular complexity index is 1140. The van der Waals surface area contributed by atoms with E-state index < -0.39 is 24.2 Å². The molecule has 29 heavy (non-hydrogen) atoms. The SMILES string of the molecule is O=C(O)c1ccc(C2=NOC(c3cc(Cl)cc(Cl)c3)C2C(F)(F)F)n2cccc12. The van der Waals surface area contributed by atoms with Crippen molar-refractivity contribution in [2.75, 3.05) is 0 Å². The maximum absolute atomic E-state index is 14.0. The van der Waals surface area contributed by atoms with Crippen molar-refractivity contribution in [2.45, 2.75) is 12.3 Å². The highest BCUT2D eigenvalue weighted by atomic mass is 35.5. The van der Waals surface area contributed by atoms with Crippen molar-refractivity contribution in [3.63, 3.8) is 0 Å². The minimum atomic E-state index is -4.69. The monoisotopic (exact) mass is 442 g/mol. The molecule has 2 atom stereocenters. The fraction of sp³-hybridized carbons (Fsp3) is 0.158. The van der Waals surface area contributed by atoms with Gasteiger partial charge in [0.25, 0.3) is 0 Å². The van der Waals surface area contributed by atoms with Crippen molar-refractivity contribution in [3.05, 3.63) is 75.5 Å². The predicted molar refractivity (Wildman–Crippen MR) is 101 cm³/mol. The van der Waals surface area contributed by atoms with E-state index in [-0.39, 0.29) is 38.1 Å². The average Bonchev–Trinajstić information content (AvgIpc) is 3.26. The van der Waals surface area contributed by atoms with E-state index in [1.54, 1.807) is 6.07 Å². The summed E-state index contributed by atoms with van der Waals surface area (Å²) in [5.41, 5.74) is 0.0482. The van der Waals surface area contributed by atoms with E-state index in [1.807, 2.05) is 0 Å². The number of pyridine rings is 1. The van der Waals surface area contributed by atoms with E-state index in [4.69, 9.17) is 28.0 Å². The fourth-order valence-electron chi connectivity index (χ4n) is 3.43. The first kappa shape index (κ1) is 19.6. The largest absolute Gasteiger partial charge is 0.478 e. The van der Waals surface area contributed by atoms with Crippen LogP contribution in [0, 0.1) is 5.92 Å². The molecule has 0 saturated carbocycles. The standard InChI is InChI=1S/C19H11Cl2F3N2O3/c20-10-6-9(7-11(21)8-10)17-15(19(22,23)24)16(25-29-17)14-4-3-12(18(27)28)13-2-1-5-26(13)14/h1-8,15,17H,(H,27,28). The number of fused-ring (bicyclic) bond motifs is 1. The topological polar surface area (TPSA) is 63.3 Å². The third-order valence-corrected chi connectivity index (χ3v) is 5.05. The van der Waals surface area contributed by atoms with Crippen molar-refractivity contribution in [2.24, 2.45) is 11.1 Å². The third kappa shape index (κ3) is 3.42. The summed E-state index contributed by atoms with van der Waals surface area (Å²) in [6.45, 7) is 0. The number of hydrogen-bond donors (Lipinski definition) is 1. The molecule has 0 saturated heterocycles. The number of carbonyl (C=O) groups is 1. The van der Waals surface area contributed by atoms with Gasteiger partial charge in [0.2, 0.25) is 0 Å². The van der Waals surface area contributed by atoms with Crippen LogP contribution in [0.25, 0.3) is 5.52 Å². The first-order valence-electron chi connectivity index (χ1n) is 8.27. The lowest BCUT2D eigenvalue weighted by Crippen LogP contribution is -2.34. The number of benzene rings is 1. The minimum Gasteiger partial charge on any atom is -0.478 e. The summed E-state index contributed by atoms with van der Waals surface area (Å²) >= 11 is 11.9. The summed E-state index contributed by atoms with van der Waals surface area (Å²) in [6.07, 6.45) is -4.71. The summed E-state index contributed by atoms with van der Waals surface area (Å²) in [4.78, 5) is 16.6. The smallest absolute Gasteiger partial charge is 0.401 e. The Kier molecular flexibility index (Phi) is 4.71. The van der Waals surface area contributed by atoms with E-state index in [0.717, 1.165) is 0 Å². The van der Waals surface area contributed by atoms with Crippen LogP contribution in [0.3, 0.4) is 0 Å². The molecule has 4 rings (SSSR count). The molecule has 0 bridgehead atoms. The maximum atomic E-state index is 14.0. The molecule has 0 fully saturated rings. The zero-order valence-electron chi connectivity index (χ0n) is 14.3. The summed E-state index contributed by atoms with van der Waals surface area (Å²) in [6, 6.07) is 9.65. The second-order valence-electron chi connectivity index (χ2n) is 6.43. The Morgan fingerprint density at radius 1 is 1.14 bits per heavy atom. The van der Waals surface area contributed by atoms with Gasteiger partial charge in [-0.25, -0.2) is 4.79 Å². The number of aromatic carboxylic acids is 1. The number of halogens is 5. The van der Waals surface area contributed by atoms with Gasteiger partial charge in [-0.2, -0.15) is 13.2 Å². The summed E-state index contributed by atoms with van der Waals surface area (Å²) in [5, 5.41) is 13.4. The van der Waals surface area contributed by atoms with Gasteiger partial charge in [0.15, 0.2) is 6.10 Å². The number of hydrogen-bond acceptors (Lipinski definition) is 3. The molecule has 150 valence electrons. The molecule has 1 N–H and O–H groups in total. The highest BCUT2D eigenvalue weighted by Gasteiger charge is 2.54. The lowest BCUT2D eigenvalue weighted by Gasteiger charge is -2.22. The number of oxime groups is 1. The Balaban J connectivity index is 1.84. The highest BCUT2D eigenvalue weighted by Crippen LogP contribution is 2.45. The molecule has 0 aliphatic carbocycles. The number of alkyl halides is 3. The van der Waals surface area contributed by atoms with Gasteiger partial charge in [0.1, 0.15) is 11.6 Å². The predicted octanol–water partition coefficient (Wildman–Crippen LogP) is 5.60. The van der Waals surface area contributed by atoms with Crippen LogP contribution < -0.4 is 0 Å². The van der Waals surface area contributed by atoms with Crippen LogP contribution in [0.15, 0.2) is 53.8 Å². The molecule has 0 amide bonds. The van der Waals surface area contributed by atoms with Gasteiger partial charge >= 0.3 is 12.1 Å². The molecule has 5 nitrogen and oxygen atoms in total. The second-order valence-corrected chi connectivity index (χ2v) is 7.30. The quantitative estimate of drug-likeness (QED) is 0.574. The molecule has 1 aromatic carbocycles. The second kappa shape index (κ2) is 6.96. The normalized spacial score (nSPS) is 19.3. The molecule has 0 spiro atoms. The van der Waals surface area contributed by atoms with Crippen LogP contribution in [-0.4, -0.2) is 27.4 Å². The van der Waals surface area contributed by atoms with Gasteiger partial charge in [0, 0.05) is 16.2 Å². The molecule has 3 aromatic rings. The molecule has 1 aliphatic heterocycles. The third-order valence-electron chi connectivity index (χ3n) is 4.61. The highest BCUT2D eigenvalue weighted by molar-refractivity contribution is 6.34. The fourth-order valence-corrected chi connectivity index (χ4v) is 3.97. The molecule has 2 unspecified atom stereocenters. The van der Waals surface area contributed by atoms with Crippen LogP contribution in [0.2, 0.25) is 10.0 Å². The van der Waals surface area contributed by atoms with Gasteiger partial charge in [0.05, 0.1) is 16.8 Å². The number of aromatic nitrogens is 1. The molecule has 2 aromatic heterocycles. The van der Waals surface area contributed by atoms with E-state index in [9.17, 15) is 23.1 Å². The van der Waals surface area contributed by atoms with Crippen LogP contribution >= 0.6 is 23.2 Å². The molecule has 0 radical (unpaired) electrons. The Morgan fingerprint density at radius 2 is 1.83 bits per heavy atom. The van der Waals surface area contributed by atoms with Gasteiger partial charge < -0.3 is 14.3 Å². The van der Waals surface area contributed by atoms with Crippen molar-refractivity contribution >= 4 is 40.4 Å². The number of carboxylic acids is 1. The molecular formula is C19H11Cl2F3N2O3. The first-order chi connectivity index (χ1) is 13.7. The molecule has 3 heterocycles. The maximum Gasteiger partial charge on any atom is 0.401 e. The summed E-state index contributed by atoms with van der Waals surface area (Å²) in [5.74, 6) is -3.29. The lowest BCUT2D eigenvalue weighted by atomic mass is 9.89. The minimum absolute atomic E-state index is 0.0417. The number of nitrogens with zero attached hydrogens (tertiary/aromatic N) is 2. The molecular weight excluding hydrogens is 432 g/mol. The van der Waals surface area contributed by atoms with Crippen molar-refractivity contribution < 1.29 is 27.9 Å². The summed E-state index contributed by atoms with van der Waals surface area (Å²) < 4.78 is 43.5. The lowest BCUT2D eigenvalue weighted by molar-refractivity contribution is -0.177. The van der Waals surface area contributed by atoms with E-state index in [0.29, 0.717) is 0 Å². The van der Waals surface area contributed by atoms with Gasteiger partial charge in [-0.3, -0.25) is 0 Å². The number of rotatable bonds is 3. The Labute approximate surface area is 171 Å². The van der Waals surface area contributed by atoms with Crippen molar-refractivity contribution in [1.82, 2.24) is 4.40 Å². The van der Waals surface area contributed by atoms with E-state index in [2.05, 4.69) is 5.16 Å².